The van der Waals surface area contributed by atoms with Crippen LogP contribution in [-0.4, -0.2) is 40.3 Å². The van der Waals surface area contributed by atoms with Crippen molar-refractivity contribution in [3.63, 3.8) is 0 Å². The number of fused-ring (bicyclic) bond motifs is 4. The summed E-state index contributed by atoms with van der Waals surface area (Å²) in [5.41, 5.74) is 11.7. The minimum Gasteiger partial charge on any atom is -0.382 e. The smallest absolute Gasteiger partial charge is 0.251 e. The molecule has 2 aliphatic heterocycles. The molecule has 1 saturated carbocycles. The standard InChI is InChI=1S/C28H21ClFN9O/c1-37-23-6-13(2-4-16(23)28(31)34-37)18-11-21(33-27(18)30)26-20-10-19(20)24-7-14(8-25(40)39(24)26)17-9-15(29)3-5-22(17)38-12-32-35-36-38/h2-9,12,19-20,26H,10-11H2,1H3,(H2,31,34). The van der Waals surface area contributed by atoms with Gasteiger partial charge in [0.15, 0.2) is 5.82 Å². The first-order valence-corrected chi connectivity index (χ1v) is 13.2. The van der Waals surface area contributed by atoms with E-state index in [1.54, 1.807) is 32.1 Å². The summed E-state index contributed by atoms with van der Waals surface area (Å²) in [6.45, 7) is 0. The molecule has 5 heterocycles. The lowest BCUT2D eigenvalue weighted by Crippen LogP contribution is -2.29. The van der Waals surface area contributed by atoms with E-state index in [9.17, 15) is 4.79 Å². The number of tetrazole rings is 1. The normalized spacial score (nSPS) is 21.2. The Hall–Kier alpha value is -4.64. The van der Waals surface area contributed by atoms with E-state index >= 15 is 4.39 Å². The Morgan fingerprint density at radius 1 is 1.10 bits per heavy atom. The predicted molar refractivity (Wildman–Crippen MR) is 149 cm³/mol. The molecule has 0 bridgehead atoms. The first-order valence-electron chi connectivity index (χ1n) is 12.9. The summed E-state index contributed by atoms with van der Waals surface area (Å²) in [5, 5.41) is 17.1. The highest BCUT2D eigenvalue weighted by atomic mass is 35.5. The maximum atomic E-state index is 15.3. The molecule has 0 amide bonds. The van der Waals surface area contributed by atoms with Crippen LogP contribution in [0.25, 0.3) is 33.3 Å². The lowest BCUT2D eigenvalue weighted by atomic mass is 9.97. The molecule has 2 N–H and O–H groups in total. The van der Waals surface area contributed by atoms with Gasteiger partial charge in [-0.25, -0.2) is 4.99 Å². The molecule has 0 spiro atoms. The quantitative estimate of drug-likeness (QED) is 0.328. The minimum absolute atomic E-state index is 0.157. The molecular formula is C28H21ClFN9O. The number of halogens is 2. The Morgan fingerprint density at radius 2 is 1.98 bits per heavy atom. The van der Waals surface area contributed by atoms with E-state index in [2.05, 4.69) is 25.6 Å². The van der Waals surface area contributed by atoms with Crippen LogP contribution in [0, 0.1) is 5.92 Å². The zero-order valence-electron chi connectivity index (χ0n) is 21.2. The number of nitrogens with zero attached hydrogens (tertiary/aromatic N) is 8. The lowest BCUT2D eigenvalue weighted by Gasteiger charge is -2.20. The van der Waals surface area contributed by atoms with Crippen molar-refractivity contribution in [1.29, 1.82) is 0 Å². The van der Waals surface area contributed by atoms with E-state index < -0.39 is 5.95 Å². The Balaban J connectivity index is 1.16. The number of hydrogen-bond acceptors (Lipinski definition) is 7. The molecule has 3 aliphatic rings. The molecule has 40 heavy (non-hydrogen) atoms. The zero-order chi connectivity index (χ0) is 27.3. The highest BCUT2D eigenvalue weighted by Gasteiger charge is 2.55. The summed E-state index contributed by atoms with van der Waals surface area (Å²) in [7, 11) is 1.81. The Bertz CT molecular complexity index is 2010. The van der Waals surface area contributed by atoms with Crippen molar-refractivity contribution in [3.8, 4) is 16.8 Å². The van der Waals surface area contributed by atoms with Crippen LogP contribution in [0.1, 0.15) is 36.1 Å². The van der Waals surface area contributed by atoms with Gasteiger partial charge in [0, 0.05) is 58.4 Å². The zero-order valence-corrected chi connectivity index (χ0v) is 21.9. The molecule has 3 atom stereocenters. The van der Waals surface area contributed by atoms with Gasteiger partial charge in [-0.05, 0) is 70.3 Å². The summed E-state index contributed by atoms with van der Waals surface area (Å²) in [5.74, 6) is 0.360. The average molecular weight is 554 g/mol. The largest absolute Gasteiger partial charge is 0.382 e. The van der Waals surface area contributed by atoms with E-state index in [0.29, 0.717) is 34.2 Å². The number of nitrogen functional groups attached to an aromatic ring is 1. The van der Waals surface area contributed by atoms with Gasteiger partial charge in [0.1, 0.15) is 6.33 Å². The van der Waals surface area contributed by atoms with Crippen LogP contribution in [-0.2, 0) is 7.05 Å². The number of allylic oxidation sites excluding steroid dienone is 1. The topological polar surface area (TPSA) is 122 Å². The molecule has 10 nitrogen and oxygen atoms in total. The number of rotatable bonds is 4. The monoisotopic (exact) mass is 553 g/mol. The van der Waals surface area contributed by atoms with Gasteiger partial charge < -0.3 is 10.3 Å². The van der Waals surface area contributed by atoms with Crippen LogP contribution >= 0.6 is 11.6 Å². The maximum absolute atomic E-state index is 15.3. The molecule has 2 aromatic carbocycles. The third-order valence-electron chi connectivity index (χ3n) is 8.29. The van der Waals surface area contributed by atoms with Crippen LogP contribution in [0.3, 0.4) is 0 Å². The van der Waals surface area contributed by atoms with E-state index in [0.717, 1.165) is 39.7 Å². The molecule has 3 unspecified atom stereocenters. The molecule has 1 aliphatic carbocycles. The van der Waals surface area contributed by atoms with Crippen LogP contribution in [0.4, 0.5) is 10.2 Å². The van der Waals surface area contributed by atoms with Gasteiger partial charge in [-0.1, -0.05) is 17.7 Å². The predicted octanol–water partition coefficient (Wildman–Crippen LogP) is 4.45. The van der Waals surface area contributed by atoms with Crippen molar-refractivity contribution in [2.75, 3.05) is 5.73 Å². The maximum Gasteiger partial charge on any atom is 0.251 e. The van der Waals surface area contributed by atoms with Crippen LogP contribution in [0.2, 0.25) is 5.02 Å². The minimum atomic E-state index is -0.509. The number of hydrogen-bond donors (Lipinski definition) is 1. The number of benzene rings is 2. The number of aryl methyl sites for hydroxylation is 1. The number of nitrogens with two attached hydrogens (primary N) is 1. The fourth-order valence-corrected chi connectivity index (χ4v) is 6.57. The molecule has 0 radical (unpaired) electrons. The molecule has 198 valence electrons. The van der Waals surface area contributed by atoms with E-state index in [-0.39, 0.29) is 23.4 Å². The van der Waals surface area contributed by atoms with Crippen molar-refractivity contribution in [1.82, 2.24) is 34.6 Å². The van der Waals surface area contributed by atoms with E-state index in [4.69, 9.17) is 17.3 Å². The first-order chi connectivity index (χ1) is 19.4. The third-order valence-corrected chi connectivity index (χ3v) is 8.52. The molecule has 8 rings (SSSR count). The molecule has 0 saturated heterocycles. The highest BCUT2D eigenvalue weighted by Crippen LogP contribution is 2.60. The summed E-state index contributed by atoms with van der Waals surface area (Å²) in [4.78, 5) is 18.0. The van der Waals surface area contributed by atoms with Crippen molar-refractivity contribution >= 4 is 39.6 Å². The van der Waals surface area contributed by atoms with Gasteiger partial charge in [0.2, 0.25) is 5.95 Å². The summed E-state index contributed by atoms with van der Waals surface area (Å²) < 4.78 is 20.4. The van der Waals surface area contributed by atoms with Crippen molar-refractivity contribution < 1.29 is 4.39 Å². The molecule has 1 fully saturated rings. The van der Waals surface area contributed by atoms with Crippen molar-refractivity contribution in [2.24, 2.45) is 18.0 Å². The SMILES string of the molecule is Cn1nc(N)c2ccc(C3=C(F)N=C(C4C5CC5c5cc(-c6cc(Cl)ccc6-n6cnnn6)cc(=O)n54)C3)cc21. The number of anilines is 1. The van der Waals surface area contributed by atoms with E-state index in [1.165, 1.54) is 6.33 Å². The Morgan fingerprint density at radius 3 is 2.80 bits per heavy atom. The molecule has 5 aromatic rings. The second-order valence-corrected chi connectivity index (χ2v) is 11.0. The van der Waals surface area contributed by atoms with Gasteiger partial charge in [-0.3, -0.25) is 9.48 Å². The number of aromatic nitrogens is 7. The molecule has 3 aromatic heterocycles. The van der Waals surface area contributed by atoms with Gasteiger partial charge in [-0.2, -0.15) is 14.2 Å². The van der Waals surface area contributed by atoms with Crippen molar-refractivity contribution in [2.45, 2.75) is 24.8 Å². The van der Waals surface area contributed by atoms with Crippen LogP contribution in [0.15, 0.2) is 70.6 Å². The van der Waals surface area contributed by atoms with Crippen molar-refractivity contribution in [3.05, 3.63) is 87.4 Å². The summed E-state index contributed by atoms with van der Waals surface area (Å²) >= 11 is 6.34. The van der Waals surface area contributed by atoms with Gasteiger partial charge >= 0.3 is 0 Å². The Kier molecular flexibility index (Phi) is 4.76. The average Bonchev–Trinajstić information content (AvgIpc) is 3.26. The van der Waals surface area contributed by atoms with Gasteiger partial charge in [0.05, 0.1) is 17.2 Å². The molecule has 12 heteroatoms. The third kappa shape index (κ3) is 3.33. The summed E-state index contributed by atoms with van der Waals surface area (Å²) in [6, 6.07) is 14.3. The number of aliphatic imine (C=N–C) groups is 1. The Labute approximate surface area is 231 Å². The second-order valence-electron chi connectivity index (χ2n) is 10.5. The highest BCUT2D eigenvalue weighted by molar-refractivity contribution is 6.31. The summed E-state index contributed by atoms with van der Waals surface area (Å²) in [6.07, 6.45) is 2.77. The second kappa shape index (κ2) is 8.18. The van der Waals surface area contributed by atoms with E-state index in [1.807, 2.05) is 37.4 Å². The fraction of sp³-hybridized carbons (Fsp3) is 0.214. The fourth-order valence-electron chi connectivity index (χ4n) is 6.39. The van der Waals surface area contributed by atoms with Crippen LogP contribution < -0.4 is 11.3 Å². The number of pyridine rings is 1. The van der Waals surface area contributed by atoms with Gasteiger partial charge in [-0.15, -0.1) is 5.10 Å². The first kappa shape index (κ1) is 23.3. The lowest BCUT2D eigenvalue weighted by molar-refractivity contribution is 0.579. The van der Waals surface area contributed by atoms with Gasteiger partial charge in [0.25, 0.3) is 5.56 Å². The van der Waals surface area contributed by atoms with Crippen LogP contribution in [0.5, 0.6) is 0 Å². The molecular weight excluding hydrogens is 533 g/mol.